The molecule has 0 rings (SSSR count). The number of thiol groups is 4. The van der Waals surface area contributed by atoms with Crippen molar-refractivity contribution in [2.24, 2.45) is 5.41 Å². The Bertz CT molecular complexity index is 1860. The normalized spacial score (nSPS) is 11.0. The van der Waals surface area contributed by atoms with Gasteiger partial charge in [-0.25, -0.2) is 0 Å². The number of carbonyl (C=O) groups excluding carboxylic acids is 4. The van der Waals surface area contributed by atoms with E-state index in [1.54, 1.807) is 0 Å². The van der Waals surface area contributed by atoms with Crippen molar-refractivity contribution in [1.82, 2.24) is 30.2 Å². The molecule has 0 atom stereocenters. The zero-order valence-corrected chi connectivity index (χ0v) is 61.1. The maximum absolute atomic E-state index is 13.0. The molecule has 18 nitrogen and oxygen atoms in total. The van der Waals surface area contributed by atoms with Gasteiger partial charge in [0.15, 0.2) is 0 Å². The Labute approximate surface area is 577 Å². The van der Waals surface area contributed by atoms with Crippen LogP contribution in [0.3, 0.4) is 0 Å². The van der Waals surface area contributed by atoms with Gasteiger partial charge >= 0.3 is 23.9 Å². The fourth-order valence-corrected chi connectivity index (χ4v) is 9.97. The van der Waals surface area contributed by atoms with Crippen molar-refractivity contribution in [2.75, 3.05) is 187 Å². The molecule has 0 spiro atoms. The molecular weight excluding hydrogens is 1370 g/mol. The second-order valence-corrected chi connectivity index (χ2v) is 26.5. The Kier molecular flexibility index (Phi) is 54.2. The zero-order chi connectivity index (χ0) is 63.0. The third-order valence-corrected chi connectivity index (χ3v) is 19.1. The summed E-state index contributed by atoms with van der Waals surface area (Å²) in [6, 6.07) is 0. The highest BCUT2D eigenvalue weighted by atomic mass is 32.2. The van der Waals surface area contributed by atoms with E-state index in [9.17, 15) is 19.2 Å². The minimum atomic E-state index is -1.04. The third kappa shape index (κ3) is 44.2. The molecule has 0 aliphatic heterocycles. The Morgan fingerprint density at radius 1 is 0.417 bits per heavy atom. The number of hydrogen-bond donors (Lipinski definition) is 6. The SMILES string of the molecule is CSC(=S)NCCN(CCC(=O)OCCOCC(COCCOC(=O)CCN(CCCC(=S)CS)C(=S)CS)(COCCOC(=O)CCN(CCNC(=S)SC)C(=S)CS)COCCOC(=O)CCN(CCCC(C)=S)C(=S)SC)C(=S)CS. The first kappa shape index (κ1) is 83.7. The monoisotopic (exact) mass is 1450 g/mol. The summed E-state index contributed by atoms with van der Waals surface area (Å²) in [7, 11) is 0. The van der Waals surface area contributed by atoms with Crippen LogP contribution in [-0.2, 0) is 57.1 Å². The van der Waals surface area contributed by atoms with E-state index in [4.69, 9.17) is 136 Å². The lowest BCUT2D eigenvalue weighted by Gasteiger charge is -2.33. The van der Waals surface area contributed by atoms with Crippen LogP contribution in [0.4, 0.5) is 0 Å². The predicted molar refractivity (Wildman–Crippen MR) is 391 cm³/mol. The molecule has 0 saturated carbocycles. The highest BCUT2D eigenvalue weighted by molar-refractivity contribution is 8.23. The quantitative estimate of drug-likeness (QED) is 0.0119. The van der Waals surface area contributed by atoms with Crippen LogP contribution in [0.25, 0.3) is 0 Å². The Hall–Kier alpha value is -0.310. The molecule has 0 radical (unpaired) electrons. The van der Waals surface area contributed by atoms with Crippen molar-refractivity contribution in [3.05, 3.63) is 0 Å². The molecule has 2 N–H and O–H groups in total. The first-order chi connectivity index (χ1) is 40.2. The van der Waals surface area contributed by atoms with Crippen LogP contribution in [0.1, 0.15) is 58.3 Å². The maximum atomic E-state index is 13.0. The number of esters is 4. The summed E-state index contributed by atoms with van der Waals surface area (Å²) in [5.74, 6) is -0.193. The van der Waals surface area contributed by atoms with E-state index in [1.807, 2.05) is 45.3 Å². The van der Waals surface area contributed by atoms with Gasteiger partial charge in [-0.3, -0.25) is 19.2 Å². The standard InChI is InChI=1S/C51H86N6O12S15/c1-39(74)7-5-16-57(50(81)84-4)20-12-47(61)69-30-26-65-38-51(35-62-23-27-66-44(58)9-17-54(41(76)32-71)15-6-8-40(75)31-70,36-63-24-28-67-45(59)10-18-55(42(77)33-72)21-13-52-48(79)82-2)37-64-25-29-68-46(60)11-19-56(43(78)34-73)22-14-53-49(80)83-3/h70-73H,5-38H2,1-4H3,(H,52,79)(H,53,80). The van der Waals surface area contributed by atoms with E-state index in [-0.39, 0.29) is 105 Å². The fraction of sp³-hybridized carbons (Fsp3) is 0.765. The van der Waals surface area contributed by atoms with E-state index < -0.39 is 29.3 Å². The molecular formula is C51H86N6O12S15. The average molecular weight is 1460 g/mol. The van der Waals surface area contributed by atoms with Crippen LogP contribution < -0.4 is 10.6 Å². The van der Waals surface area contributed by atoms with E-state index in [1.165, 1.54) is 35.3 Å². The molecule has 0 bridgehead atoms. The highest BCUT2D eigenvalue weighted by Crippen LogP contribution is 2.21. The van der Waals surface area contributed by atoms with Crippen LogP contribution in [0.2, 0.25) is 0 Å². The first-order valence-corrected chi connectivity index (χ1v) is 36.4. The summed E-state index contributed by atoms with van der Waals surface area (Å²) in [6.45, 7) is 6.38. The van der Waals surface area contributed by atoms with Gasteiger partial charge in [-0.2, -0.15) is 50.5 Å². The average Bonchev–Trinajstić information content (AvgIpc) is 3.63. The molecule has 0 unspecified atom stereocenters. The predicted octanol–water partition coefficient (Wildman–Crippen LogP) is 7.12. The van der Waals surface area contributed by atoms with E-state index in [2.05, 4.69) is 61.1 Å². The number of nitrogens with one attached hydrogen (secondary N) is 2. The minimum Gasteiger partial charge on any atom is -0.463 e. The molecule has 0 aromatic rings. The third-order valence-electron chi connectivity index (χ3n) is 11.5. The summed E-state index contributed by atoms with van der Waals surface area (Å²) >= 11 is 64.6. The number of ether oxygens (including phenoxy) is 8. The van der Waals surface area contributed by atoms with Gasteiger partial charge in [0.25, 0.3) is 0 Å². The summed E-state index contributed by atoms with van der Waals surface area (Å²) in [5, 5.41) is 6.28. The van der Waals surface area contributed by atoms with Crippen LogP contribution in [0.5, 0.6) is 0 Å². The van der Waals surface area contributed by atoms with Crippen molar-refractivity contribution < 1.29 is 57.1 Å². The molecule has 0 amide bonds. The lowest BCUT2D eigenvalue weighted by molar-refractivity contribution is -0.151. The van der Waals surface area contributed by atoms with Gasteiger partial charge in [0, 0.05) is 93.3 Å². The molecule has 33 heteroatoms. The maximum Gasteiger partial charge on any atom is 0.307 e. The van der Waals surface area contributed by atoms with Gasteiger partial charge in [0.05, 0.1) is 98.9 Å². The number of hydrogen-bond acceptors (Lipinski definition) is 27. The largest absolute Gasteiger partial charge is 0.463 e. The zero-order valence-electron chi connectivity index (χ0n) is 48.5. The number of rotatable bonds is 50. The molecule has 84 heavy (non-hydrogen) atoms. The van der Waals surface area contributed by atoms with Crippen LogP contribution in [-0.4, -0.2) is 268 Å². The first-order valence-electron chi connectivity index (χ1n) is 26.9. The number of thioether (sulfide) groups is 3. The van der Waals surface area contributed by atoms with E-state index >= 15 is 0 Å². The van der Waals surface area contributed by atoms with Crippen LogP contribution >= 0.6 is 184 Å². The molecule has 0 aromatic heterocycles. The number of nitrogens with zero attached hydrogens (tertiary/aromatic N) is 4. The van der Waals surface area contributed by atoms with Crippen molar-refractivity contribution in [3.8, 4) is 0 Å². The highest BCUT2D eigenvalue weighted by Gasteiger charge is 2.33. The summed E-state index contributed by atoms with van der Waals surface area (Å²) < 4.78 is 48.9. The second kappa shape index (κ2) is 54.4. The van der Waals surface area contributed by atoms with E-state index in [0.29, 0.717) is 123 Å². The Morgan fingerprint density at radius 3 is 1.05 bits per heavy atom. The van der Waals surface area contributed by atoms with Gasteiger partial charge in [0.2, 0.25) is 0 Å². The van der Waals surface area contributed by atoms with Gasteiger partial charge < -0.3 is 68.1 Å². The summed E-state index contributed by atoms with van der Waals surface area (Å²) in [6.07, 6.45) is 9.07. The second-order valence-electron chi connectivity index (χ2n) is 18.1. The Balaban J connectivity index is 6.23. The lowest BCUT2D eigenvalue weighted by atomic mass is 9.92. The van der Waals surface area contributed by atoms with Gasteiger partial charge in [-0.1, -0.05) is 97.7 Å². The van der Waals surface area contributed by atoms with Crippen molar-refractivity contribution >= 4 is 245 Å². The van der Waals surface area contributed by atoms with Crippen molar-refractivity contribution in [2.45, 2.75) is 58.3 Å². The fourth-order valence-electron chi connectivity index (χ4n) is 7.06. The molecule has 0 heterocycles. The van der Waals surface area contributed by atoms with Crippen molar-refractivity contribution in [3.63, 3.8) is 0 Å². The molecule has 0 saturated heterocycles. The van der Waals surface area contributed by atoms with Crippen LogP contribution in [0, 0.1) is 5.41 Å². The van der Waals surface area contributed by atoms with Gasteiger partial charge in [0.1, 0.15) is 39.4 Å². The number of carbonyl (C=O) groups is 4. The van der Waals surface area contributed by atoms with Gasteiger partial charge in [-0.05, 0) is 56.2 Å². The molecule has 0 aliphatic carbocycles. The Morgan fingerprint density at radius 2 is 0.738 bits per heavy atom. The lowest BCUT2D eigenvalue weighted by Crippen LogP contribution is -2.43. The molecule has 0 fully saturated rings. The van der Waals surface area contributed by atoms with Gasteiger partial charge in [-0.15, -0.1) is 35.3 Å². The molecule has 0 aliphatic rings. The van der Waals surface area contributed by atoms with Crippen LogP contribution in [0.15, 0.2) is 0 Å². The topological polar surface area (TPSA) is 179 Å². The smallest absolute Gasteiger partial charge is 0.307 e. The summed E-state index contributed by atoms with van der Waals surface area (Å²) in [5.41, 5.74) is -1.04. The molecule has 0 aromatic carbocycles. The van der Waals surface area contributed by atoms with Crippen molar-refractivity contribution in [1.29, 1.82) is 0 Å². The molecule has 482 valence electrons. The summed E-state index contributed by atoms with van der Waals surface area (Å²) in [4.78, 5) is 63.0. The minimum absolute atomic E-state index is 0.000774. The number of thiocarbonyl (C=S) groups is 8. The van der Waals surface area contributed by atoms with E-state index in [0.717, 1.165) is 29.0 Å².